The van der Waals surface area contributed by atoms with Gasteiger partial charge in [0.05, 0.1) is 10.9 Å². The van der Waals surface area contributed by atoms with Gasteiger partial charge in [-0.1, -0.05) is 19.9 Å². The second-order valence-corrected chi connectivity index (χ2v) is 11.0. The van der Waals surface area contributed by atoms with Crippen molar-refractivity contribution in [3.8, 4) is 0 Å². The molecular weight excluding hydrogens is 330 g/mol. The molecule has 2 N–H and O–H groups in total. The summed E-state index contributed by atoms with van der Waals surface area (Å²) in [6.07, 6.45) is 3.34. The monoisotopic (exact) mass is 359 g/mol. The lowest BCUT2D eigenvalue weighted by Gasteiger charge is -2.42. The van der Waals surface area contributed by atoms with Gasteiger partial charge in [0.25, 0.3) is 0 Å². The molecule has 0 atom stereocenters. The van der Waals surface area contributed by atoms with Crippen molar-refractivity contribution in [2.45, 2.75) is 64.2 Å². The van der Waals surface area contributed by atoms with Gasteiger partial charge >= 0.3 is 0 Å². The van der Waals surface area contributed by atoms with Gasteiger partial charge in [-0.05, 0) is 62.3 Å². The molecule has 0 aromatic carbocycles. The Labute approximate surface area is 144 Å². The highest BCUT2D eigenvalue weighted by Crippen LogP contribution is 2.46. The van der Waals surface area contributed by atoms with Crippen LogP contribution >= 0.6 is 11.3 Å². The van der Waals surface area contributed by atoms with E-state index in [-0.39, 0.29) is 5.41 Å². The molecule has 1 aromatic heterocycles. The maximum Gasteiger partial charge on any atom is 0.213 e. The normalized spacial score (nSPS) is 26.6. The molecule has 1 heterocycles. The van der Waals surface area contributed by atoms with Crippen LogP contribution < -0.4 is 4.72 Å². The first kappa shape index (κ1) is 18.9. The summed E-state index contributed by atoms with van der Waals surface area (Å²) in [5.41, 5.74) is -0.809. The number of rotatable bonds is 6. The van der Waals surface area contributed by atoms with Crippen molar-refractivity contribution in [2.24, 2.45) is 11.3 Å². The molecule has 132 valence electrons. The first-order valence-electron chi connectivity index (χ1n) is 8.32. The molecule has 1 saturated carbocycles. The van der Waals surface area contributed by atoms with Crippen molar-refractivity contribution in [2.75, 3.05) is 6.54 Å². The van der Waals surface area contributed by atoms with Gasteiger partial charge in [-0.25, -0.2) is 13.1 Å². The van der Waals surface area contributed by atoms with Crippen LogP contribution in [0.25, 0.3) is 0 Å². The summed E-state index contributed by atoms with van der Waals surface area (Å²) >= 11 is 1.61. The standard InChI is InChI=1S/C17H29NO3S2/c1-13(2)23(20,21)18-12-16(3,4)14-7-9-17(19,10-8-14)15-6-5-11-22-15/h5-6,11,13-14,18-19H,7-10,12H2,1-4H3. The minimum absolute atomic E-state index is 0.112. The fourth-order valence-electron chi connectivity index (χ4n) is 3.26. The van der Waals surface area contributed by atoms with Crippen molar-refractivity contribution in [1.29, 1.82) is 0 Å². The molecule has 0 radical (unpaired) electrons. The molecule has 1 aliphatic carbocycles. The van der Waals surface area contributed by atoms with Gasteiger partial charge in [-0.3, -0.25) is 0 Å². The van der Waals surface area contributed by atoms with Crippen molar-refractivity contribution in [1.82, 2.24) is 4.72 Å². The van der Waals surface area contributed by atoms with Gasteiger partial charge in [0.1, 0.15) is 0 Å². The van der Waals surface area contributed by atoms with E-state index in [1.807, 2.05) is 17.5 Å². The number of nitrogens with one attached hydrogen (secondary N) is 1. The Hall–Kier alpha value is -0.430. The number of sulfonamides is 1. The lowest BCUT2D eigenvalue weighted by atomic mass is 9.67. The van der Waals surface area contributed by atoms with Crippen LogP contribution in [-0.4, -0.2) is 25.3 Å². The highest BCUT2D eigenvalue weighted by Gasteiger charge is 2.40. The summed E-state index contributed by atoms with van der Waals surface area (Å²) < 4.78 is 26.7. The molecule has 4 nitrogen and oxygen atoms in total. The topological polar surface area (TPSA) is 66.4 Å². The van der Waals surface area contributed by atoms with Crippen molar-refractivity contribution < 1.29 is 13.5 Å². The summed E-state index contributed by atoms with van der Waals surface area (Å²) in [7, 11) is -3.23. The molecule has 1 aliphatic rings. The smallest absolute Gasteiger partial charge is 0.213 e. The molecule has 0 spiro atoms. The number of hydrogen-bond acceptors (Lipinski definition) is 4. The van der Waals surface area contributed by atoms with Gasteiger partial charge < -0.3 is 5.11 Å². The van der Waals surface area contributed by atoms with Crippen molar-refractivity contribution >= 4 is 21.4 Å². The molecule has 0 unspecified atom stereocenters. The Balaban J connectivity index is 1.96. The minimum atomic E-state index is -3.23. The number of hydrogen-bond donors (Lipinski definition) is 2. The number of thiophene rings is 1. The van der Waals surface area contributed by atoms with E-state index in [0.29, 0.717) is 12.5 Å². The molecule has 0 saturated heterocycles. The molecular formula is C17H29NO3S2. The SMILES string of the molecule is CC(C)S(=O)(=O)NCC(C)(C)C1CCC(O)(c2cccs2)CC1. The molecule has 0 aliphatic heterocycles. The van der Waals surface area contributed by atoms with Crippen LogP contribution in [-0.2, 0) is 15.6 Å². The highest BCUT2D eigenvalue weighted by molar-refractivity contribution is 7.90. The predicted octanol–water partition coefficient (Wildman–Crippen LogP) is 3.48. The van der Waals surface area contributed by atoms with E-state index in [0.717, 1.165) is 30.6 Å². The summed E-state index contributed by atoms with van der Waals surface area (Å²) in [6.45, 7) is 8.08. The van der Waals surface area contributed by atoms with Gasteiger partial charge in [-0.2, -0.15) is 0 Å². The molecule has 1 aromatic rings. The first-order valence-corrected chi connectivity index (χ1v) is 10.7. The van der Waals surface area contributed by atoms with Crippen LogP contribution in [0.4, 0.5) is 0 Å². The second kappa shape index (κ2) is 6.82. The fraction of sp³-hybridized carbons (Fsp3) is 0.765. The Kier molecular flexibility index (Phi) is 5.61. The Bertz CT molecular complexity index is 598. The van der Waals surface area contributed by atoms with E-state index < -0.39 is 20.9 Å². The van der Waals surface area contributed by atoms with E-state index >= 15 is 0 Å². The van der Waals surface area contributed by atoms with Crippen LogP contribution in [0.1, 0.15) is 58.3 Å². The summed E-state index contributed by atoms with van der Waals surface area (Å²) in [5.74, 6) is 0.414. The third-order valence-electron chi connectivity index (χ3n) is 5.25. The van der Waals surface area contributed by atoms with Gasteiger partial charge in [-0.15, -0.1) is 11.3 Å². The van der Waals surface area contributed by atoms with E-state index in [1.54, 1.807) is 25.2 Å². The number of aliphatic hydroxyl groups is 1. The van der Waals surface area contributed by atoms with E-state index in [9.17, 15) is 13.5 Å². The average molecular weight is 360 g/mol. The zero-order chi connectivity index (χ0) is 17.3. The Morgan fingerprint density at radius 3 is 2.48 bits per heavy atom. The van der Waals surface area contributed by atoms with Crippen molar-refractivity contribution in [3.05, 3.63) is 22.4 Å². The van der Waals surface area contributed by atoms with Crippen molar-refractivity contribution in [3.63, 3.8) is 0 Å². The third-order valence-corrected chi connectivity index (χ3v) is 8.10. The maximum atomic E-state index is 12.0. The quantitative estimate of drug-likeness (QED) is 0.817. The molecule has 1 fully saturated rings. The Morgan fingerprint density at radius 2 is 2.00 bits per heavy atom. The first-order chi connectivity index (χ1) is 10.6. The summed E-state index contributed by atoms with van der Waals surface area (Å²) in [5, 5.41) is 12.4. The van der Waals surface area contributed by atoms with E-state index in [1.165, 1.54) is 0 Å². The molecule has 2 rings (SSSR count). The van der Waals surface area contributed by atoms with Crippen LogP contribution in [0.15, 0.2) is 17.5 Å². The lowest BCUT2D eigenvalue weighted by molar-refractivity contribution is -0.0286. The van der Waals surface area contributed by atoms with Gasteiger partial charge in [0.2, 0.25) is 10.0 Å². The largest absolute Gasteiger partial charge is 0.384 e. The highest BCUT2D eigenvalue weighted by atomic mass is 32.2. The van der Waals surface area contributed by atoms with E-state index in [4.69, 9.17) is 0 Å². The third kappa shape index (κ3) is 4.35. The molecule has 23 heavy (non-hydrogen) atoms. The molecule has 0 amide bonds. The van der Waals surface area contributed by atoms with Crippen LogP contribution in [0.3, 0.4) is 0 Å². The zero-order valence-electron chi connectivity index (χ0n) is 14.5. The minimum Gasteiger partial charge on any atom is -0.384 e. The Morgan fingerprint density at radius 1 is 1.39 bits per heavy atom. The van der Waals surface area contributed by atoms with Crippen LogP contribution in [0.2, 0.25) is 0 Å². The zero-order valence-corrected chi connectivity index (χ0v) is 16.1. The summed E-state index contributed by atoms with van der Waals surface area (Å²) in [4.78, 5) is 1.05. The second-order valence-electron chi connectivity index (χ2n) is 7.69. The van der Waals surface area contributed by atoms with Gasteiger partial charge in [0.15, 0.2) is 0 Å². The average Bonchev–Trinajstić information content (AvgIpc) is 3.01. The van der Waals surface area contributed by atoms with Gasteiger partial charge in [0, 0.05) is 11.4 Å². The predicted molar refractivity (Wildman–Crippen MR) is 96.0 cm³/mol. The van der Waals surface area contributed by atoms with Crippen LogP contribution in [0.5, 0.6) is 0 Å². The molecule has 0 bridgehead atoms. The fourth-order valence-corrected chi connectivity index (χ4v) is 5.06. The lowest BCUT2D eigenvalue weighted by Crippen LogP contribution is -2.43. The summed E-state index contributed by atoms with van der Waals surface area (Å²) in [6, 6.07) is 3.99. The maximum absolute atomic E-state index is 12.0. The van der Waals surface area contributed by atoms with E-state index in [2.05, 4.69) is 18.6 Å². The van der Waals surface area contributed by atoms with Crippen LogP contribution in [0, 0.1) is 11.3 Å². The molecule has 6 heteroatoms.